The molecule has 31 heavy (non-hydrogen) atoms. The number of rotatable bonds is 6. The zero-order valence-corrected chi connectivity index (χ0v) is 17.5. The zero-order valence-electron chi connectivity index (χ0n) is 17.5. The van der Waals surface area contributed by atoms with Gasteiger partial charge in [0.05, 0.1) is 6.04 Å². The van der Waals surface area contributed by atoms with Crippen molar-refractivity contribution in [1.29, 1.82) is 0 Å². The highest BCUT2D eigenvalue weighted by Gasteiger charge is 2.43. The third-order valence-electron chi connectivity index (χ3n) is 6.13. The smallest absolute Gasteiger partial charge is 0.411 e. The van der Waals surface area contributed by atoms with Crippen molar-refractivity contribution in [3.05, 3.63) is 95.8 Å². The lowest BCUT2D eigenvalue weighted by Crippen LogP contribution is -2.49. The lowest BCUT2D eigenvalue weighted by molar-refractivity contribution is -0.0718. The summed E-state index contributed by atoms with van der Waals surface area (Å²) in [6.45, 7) is 2.47. The molecule has 0 radical (unpaired) electrons. The van der Waals surface area contributed by atoms with E-state index < -0.39 is 5.60 Å². The minimum Gasteiger partial charge on any atom is -0.438 e. The van der Waals surface area contributed by atoms with Gasteiger partial charge >= 0.3 is 6.09 Å². The van der Waals surface area contributed by atoms with Gasteiger partial charge in [0, 0.05) is 26.0 Å². The first-order valence-corrected chi connectivity index (χ1v) is 10.5. The van der Waals surface area contributed by atoms with Crippen molar-refractivity contribution >= 4 is 6.09 Å². The maximum Gasteiger partial charge on any atom is 0.411 e. The largest absolute Gasteiger partial charge is 0.438 e. The van der Waals surface area contributed by atoms with Gasteiger partial charge in [0.2, 0.25) is 0 Å². The maximum absolute atomic E-state index is 13.2. The number of nitrogens with zero attached hydrogens (tertiary/aromatic N) is 1. The van der Waals surface area contributed by atoms with Gasteiger partial charge in [0.1, 0.15) is 11.4 Å². The Kier molecular flexibility index (Phi) is 6.05. The summed E-state index contributed by atoms with van der Waals surface area (Å²) in [5.41, 5.74) is 3.04. The predicted octanol–water partition coefficient (Wildman–Crippen LogP) is 5.67. The van der Waals surface area contributed by atoms with Crippen molar-refractivity contribution in [2.45, 2.75) is 31.4 Å². The number of halogens is 1. The van der Waals surface area contributed by atoms with Crippen LogP contribution >= 0.6 is 0 Å². The molecule has 160 valence electrons. The Balaban J connectivity index is 1.50. The third-order valence-corrected chi connectivity index (χ3v) is 6.13. The van der Waals surface area contributed by atoms with Crippen molar-refractivity contribution in [3.63, 3.8) is 0 Å². The minimum atomic E-state index is -0.796. The molecule has 1 fully saturated rings. The third kappa shape index (κ3) is 4.32. The summed E-state index contributed by atoms with van der Waals surface area (Å²) in [5, 5.41) is 9.59. The quantitative estimate of drug-likeness (QED) is 0.560. The summed E-state index contributed by atoms with van der Waals surface area (Å²) in [6.07, 6.45) is 0.609. The fourth-order valence-electron chi connectivity index (χ4n) is 4.24. The molecule has 3 aromatic rings. The number of cyclic esters (lactones) is 1. The van der Waals surface area contributed by atoms with Crippen LogP contribution in [0.1, 0.15) is 36.9 Å². The molecule has 3 aromatic carbocycles. The second-order valence-corrected chi connectivity index (χ2v) is 7.95. The molecule has 1 aliphatic heterocycles. The first-order chi connectivity index (χ1) is 15.0. The first-order valence-electron chi connectivity index (χ1n) is 10.5. The van der Waals surface area contributed by atoms with Gasteiger partial charge in [0.25, 0.3) is 0 Å². The predicted molar refractivity (Wildman–Crippen MR) is 118 cm³/mol. The number of amides is 1. The Bertz CT molecular complexity index is 1020. The van der Waals surface area contributed by atoms with E-state index in [-0.39, 0.29) is 24.6 Å². The van der Waals surface area contributed by atoms with E-state index in [1.165, 1.54) is 12.1 Å². The molecule has 1 unspecified atom stereocenters. The highest BCUT2D eigenvalue weighted by molar-refractivity contribution is 5.70. The van der Waals surface area contributed by atoms with Crippen LogP contribution < -0.4 is 0 Å². The maximum atomic E-state index is 13.2. The van der Waals surface area contributed by atoms with Gasteiger partial charge in [-0.1, -0.05) is 66.7 Å². The van der Waals surface area contributed by atoms with Crippen LogP contribution in [0.2, 0.25) is 0 Å². The van der Waals surface area contributed by atoms with Crippen LogP contribution in [0, 0.1) is 5.82 Å². The van der Waals surface area contributed by atoms with Gasteiger partial charge in [-0.05, 0) is 41.3 Å². The summed E-state index contributed by atoms with van der Waals surface area (Å²) in [7, 11) is 0. The van der Waals surface area contributed by atoms with Crippen molar-refractivity contribution in [2.75, 3.05) is 13.2 Å². The summed E-state index contributed by atoms with van der Waals surface area (Å²) in [6, 6.07) is 23.8. The van der Waals surface area contributed by atoms with Gasteiger partial charge < -0.3 is 14.7 Å². The van der Waals surface area contributed by atoms with Crippen LogP contribution in [0.3, 0.4) is 0 Å². The fraction of sp³-hybridized carbons (Fsp3) is 0.269. The number of benzene rings is 3. The molecule has 4 nitrogen and oxygen atoms in total. The zero-order chi connectivity index (χ0) is 21.8. The molecule has 0 aliphatic carbocycles. The van der Waals surface area contributed by atoms with Gasteiger partial charge in [-0.2, -0.15) is 0 Å². The van der Waals surface area contributed by atoms with E-state index in [0.29, 0.717) is 19.4 Å². The van der Waals surface area contributed by atoms with E-state index in [1.54, 1.807) is 17.0 Å². The Labute approximate surface area is 181 Å². The molecule has 0 saturated carbocycles. The van der Waals surface area contributed by atoms with E-state index in [4.69, 9.17) is 4.74 Å². The molecular formula is C26H26FNO3. The van der Waals surface area contributed by atoms with Gasteiger partial charge in [-0.15, -0.1) is 0 Å². The molecule has 4 rings (SSSR count). The normalized spacial score (nSPS) is 19.7. The second-order valence-electron chi connectivity index (χ2n) is 7.95. The Morgan fingerprint density at radius 3 is 2.19 bits per heavy atom. The number of hydrogen-bond donors (Lipinski definition) is 1. The van der Waals surface area contributed by atoms with Crippen LogP contribution in [0.4, 0.5) is 9.18 Å². The molecular weight excluding hydrogens is 393 g/mol. The average Bonchev–Trinajstić information content (AvgIpc) is 2.80. The molecule has 0 aromatic heterocycles. The van der Waals surface area contributed by atoms with Crippen molar-refractivity contribution in [1.82, 2.24) is 4.90 Å². The SMILES string of the molecule is C[C@@H](c1ccc(-c2ccc(F)cc2)cc1)N1CCC(CCO)(c2ccccc2)OC1=O. The summed E-state index contributed by atoms with van der Waals surface area (Å²) >= 11 is 0. The van der Waals surface area contributed by atoms with Crippen LogP contribution in [0.5, 0.6) is 0 Å². The number of ether oxygens (including phenoxy) is 1. The number of aliphatic hydroxyl groups is 1. The van der Waals surface area contributed by atoms with E-state index in [1.807, 2.05) is 61.5 Å². The highest BCUT2D eigenvalue weighted by Crippen LogP contribution is 2.39. The lowest BCUT2D eigenvalue weighted by Gasteiger charge is -2.43. The average molecular weight is 419 g/mol. The lowest BCUT2D eigenvalue weighted by atomic mass is 9.85. The van der Waals surface area contributed by atoms with E-state index in [2.05, 4.69) is 0 Å². The van der Waals surface area contributed by atoms with Crippen molar-refractivity contribution in [2.24, 2.45) is 0 Å². The Morgan fingerprint density at radius 1 is 1.00 bits per heavy atom. The Hall–Kier alpha value is -3.18. The van der Waals surface area contributed by atoms with Crippen LogP contribution in [0.25, 0.3) is 11.1 Å². The number of carbonyl (C=O) groups is 1. The Morgan fingerprint density at radius 2 is 1.61 bits per heavy atom. The highest BCUT2D eigenvalue weighted by atomic mass is 19.1. The molecule has 5 heteroatoms. The molecule has 2 atom stereocenters. The van der Waals surface area contributed by atoms with Gasteiger partial charge in [0.15, 0.2) is 0 Å². The molecule has 0 spiro atoms. The molecule has 1 N–H and O–H groups in total. The second kappa shape index (κ2) is 8.90. The van der Waals surface area contributed by atoms with E-state index in [9.17, 15) is 14.3 Å². The molecule has 1 saturated heterocycles. The monoisotopic (exact) mass is 419 g/mol. The molecule has 1 heterocycles. The van der Waals surface area contributed by atoms with Crippen LogP contribution in [-0.2, 0) is 10.3 Å². The van der Waals surface area contributed by atoms with Crippen LogP contribution in [0.15, 0.2) is 78.9 Å². The number of carbonyl (C=O) groups excluding carboxylic acids is 1. The minimum absolute atomic E-state index is 0.0530. The summed E-state index contributed by atoms with van der Waals surface area (Å²) < 4.78 is 19.1. The van der Waals surface area contributed by atoms with Gasteiger partial charge in [-0.25, -0.2) is 9.18 Å². The fourth-order valence-corrected chi connectivity index (χ4v) is 4.24. The molecule has 1 amide bonds. The number of hydrogen-bond acceptors (Lipinski definition) is 3. The van der Waals surface area contributed by atoms with Crippen molar-refractivity contribution < 1.29 is 19.0 Å². The summed E-state index contributed by atoms with van der Waals surface area (Å²) in [4.78, 5) is 14.7. The van der Waals surface area contributed by atoms with E-state index >= 15 is 0 Å². The van der Waals surface area contributed by atoms with Crippen molar-refractivity contribution in [3.8, 4) is 11.1 Å². The number of aliphatic hydroxyl groups excluding tert-OH is 1. The standard InChI is InChI=1S/C26H26FNO3/c1-19(20-7-9-21(10-8-20)22-11-13-24(27)14-12-22)28-17-15-26(16-18-29,31-25(28)30)23-5-3-2-4-6-23/h2-14,19,29H,15-18H2,1H3/t19-,26?/m0/s1. The van der Waals surface area contributed by atoms with E-state index in [0.717, 1.165) is 22.3 Å². The topological polar surface area (TPSA) is 49.8 Å². The molecule has 1 aliphatic rings. The van der Waals surface area contributed by atoms with Gasteiger partial charge in [-0.3, -0.25) is 0 Å². The van der Waals surface area contributed by atoms with Crippen LogP contribution in [-0.4, -0.2) is 29.3 Å². The molecule has 0 bridgehead atoms. The first kappa shape index (κ1) is 21.1. The summed E-state index contributed by atoms with van der Waals surface area (Å²) in [5.74, 6) is -0.259.